The summed E-state index contributed by atoms with van der Waals surface area (Å²) in [4.78, 5) is 49.8. The van der Waals surface area contributed by atoms with E-state index in [-0.39, 0.29) is 18.7 Å². The van der Waals surface area contributed by atoms with Crippen LogP contribution in [0.4, 0.5) is 0 Å². The molecule has 2 aliphatic heterocycles. The lowest BCUT2D eigenvalue weighted by Crippen LogP contribution is -2.54. The second-order valence-electron chi connectivity index (χ2n) is 6.92. The molecule has 0 bridgehead atoms. The Labute approximate surface area is 157 Å². The van der Waals surface area contributed by atoms with E-state index in [4.69, 9.17) is 0 Å². The van der Waals surface area contributed by atoms with Gasteiger partial charge < -0.3 is 10.6 Å². The number of fused-ring (bicyclic) bond motifs is 1. The fourth-order valence-corrected chi connectivity index (χ4v) is 3.48. The predicted molar refractivity (Wildman–Crippen MR) is 98.0 cm³/mol. The van der Waals surface area contributed by atoms with Crippen molar-refractivity contribution in [2.45, 2.75) is 45.3 Å². The Morgan fingerprint density at radius 3 is 2.63 bits per heavy atom. The number of nitrogens with one attached hydrogen (secondary N) is 3. The molecule has 0 radical (unpaired) electrons. The van der Waals surface area contributed by atoms with E-state index < -0.39 is 23.8 Å². The first-order chi connectivity index (χ1) is 12.9. The maximum absolute atomic E-state index is 12.8. The molecule has 1 aromatic rings. The number of amides is 4. The van der Waals surface area contributed by atoms with Crippen LogP contribution in [0.25, 0.3) is 0 Å². The van der Waals surface area contributed by atoms with Gasteiger partial charge in [0.25, 0.3) is 11.8 Å². The SMILES string of the molecule is CCN[C@@H](C)CNCc1ccc2c(c1)C(=O)N(C1CCC(=O)NC1=O)C2=O. The topological polar surface area (TPSA) is 108 Å². The molecule has 8 nitrogen and oxygen atoms in total. The summed E-state index contributed by atoms with van der Waals surface area (Å²) < 4.78 is 0. The molecule has 0 spiro atoms. The first-order valence-electron chi connectivity index (χ1n) is 9.21. The number of imide groups is 2. The Kier molecular flexibility index (Phi) is 5.67. The number of carbonyl (C=O) groups is 4. The molecule has 1 unspecified atom stereocenters. The molecular weight excluding hydrogens is 348 g/mol. The number of benzene rings is 1. The van der Waals surface area contributed by atoms with Crippen molar-refractivity contribution in [1.82, 2.24) is 20.9 Å². The highest BCUT2D eigenvalue weighted by Gasteiger charge is 2.44. The molecule has 1 aromatic carbocycles. The number of nitrogens with zero attached hydrogens (tertiary/aromatic N) is 1. The lowest BCUT2D eigenvalue weighted by atomic mass is 10.0. The highest BCUT2D eigenvalue weighted by molar-refractivity contribution is 6.23. The Hall–Kier alpha value is -2.58. The van der Waals surface area contributed by atoms with Crippen molar-refractivity contribution in [2.75, 3.05) is 13.1 Å². The molecule has 8 heteroatoms. The molecule has 2 aliphatic rings. The number of carbonyl (C=O) groups excluding carboxylic acids is 4. The zero-order valence-electron chi connectivity index (χ0n) is 15.5. The number of hydrogen-bond donors (Lipinski definition) is 3. The highest BCUT2D eigenvalue weighted by Crippen LogP contribution is 2.28. The lowest BCUT2D eigenvalue weighted by Gasteiger charge is -2.27. The van der Waals surface area contributed by atoms with E-state index in [1.807, 2.05) is 13.0 Å². The summed E-state index contributed by atoms with van der Waals surface area (Å²) in [6, 6.07) is 4.54. The Morgan fingerprint density at radius 2 is 1.93 bits per heavy atom. The van der Waals surface area contributed by atoms with E-state index in [1.54, 1.807) is 12.1 Å². The molecular formula is C19H24N4O4. The molecule has 4 amide bonds. The average molecular weight is 372 g/mol. The van der Waals surface area contributed by atoms with Crippen molar-refractivity contribution in [3.05, 3.63) is 34.9 Å². The summed E-state index contributed by atoms with van der Waals surface area (Å²) in [5, 5.41) is 8.82. The molecule has 0 aromatic heterocycles. The van der Waals surface area contributed by atoms with E-state index in [0.717, 1.165) is 23.6 Å². The van der Waals surface area contributed by atoms with Crippen LogP contribution in [-0.4, -0.2) is 53.7 Å². The second-order valence-corrected chi connectivity index (χ2v) is 6.92. The third kappa shape index (κ3) is 3.91. The second kappa shape index (κ2) is 7.98. The molecule has 1 saturated heterocycles. The van der Waals surface area contributed by atoms with Gasteiger partial charge in [-0.25, -0.2) is 0 Å². The van der Waals surface area contributed by atoms with Gasteiger partial charge in [0.05, 0.1) is 11.1 Å². The molecule has 144 valence electrons. The van der Waals surface area contributed by atoms with Gasteiger partial charge in [0.1, 0.15) is 6.04 Å². The van der Waals surface area contributed by atoms with Gasteiger partial charge in [0.15, 0.2) is 0 Å². The molecule has 2 heterocycles. The smallest absolute Gasteiger partial charge is 0.262 e. The molecule has 1 fully saturated rings. The van der Waals surface area contributed by atoms with E-state index in [9.17, 15) is 19.2 Å². The van der Waals surface area contributed by atoms with Gasteiger partial charge in [-0.3, -0.25) is 29.4 Å². The fourth-order valence-electron chi connectivity index (χ4n) is 3.48. The van der Waals surface area contributed by atoms with Gasteiger partial charge in [0.2, 0.25) is 11.8 Å². The van der Waals surface area contributed by atoms with Gasteiger partial charge in [-0.1, -0.05) is 13.0 Å². The van der Waals surface area contributed by atoms with Crippen LogP contribution in [0.1, 0.15) is 53.0 Å². The van der Waals surface area contributed by atoms with Gasteiger partial charge in [-0.2, -0.15) is 0 Å². The minimum absolute atomic E-state index is 0.114. The maximum Gasteiger partial charge on any atom is 0.262 e. The van der Waals surface area contributed by atoms with Crippen LogP contribution in [0.3, 0.4) is 0 Å². The minimum atomic E-state index is -0.933. The number of likely N-dealkylation sites (N-methyl/N-ethyl adjacent to an activating group) is 1. The Bertz CT molecular complexity index is 792. The van der Waals surface area contributed by atoms with Crippen molar-refractivity contribution in [3.8, 4) is 0 Å². The lowest BCUT2D eigenvalue weighted by molar-refractivity contribution is -0.136. The Morgan fingerprint density at radius 1 is 1.19 bits per heavy atom. The van der Waals surface area contributed by atoms with Crippen LogP contribution in [0, 0.1) is 0 Å². The predicted octanol–water partition coefficient (Wildman–Crippen LogP) is 0.175. The average Bonchev–Trinajstić information content (AvgIpc) is 2.86. The summed E-state index contributed by atoms with van der Waals surface area (Å²) in [6.07, 6.45) is 0.274. The van der Waals surface area contributed by atoms with Crippen LogP contribution < -0.4 is 16.0 Å². The standard InChI is InChI=1S/C19H24N4O4/c1-3-21-11(2)9-20-10-12-4-5-13-14(8-12)19(27)23(18(13)26)15-6-7-16(24)22-17(15)25/h4-5,8,11,15,20-21H,3,6-7,9-10H2,1-2H3,(H,22,24,25)/t11-,15?/m0/s1. The van der Waals surface area contributed by atoms with Crippen molar-refractivity contribution in [1.29, 1.82) is 0 Å². The van der Waals surface area contributed by atoms with E-state index in [2.05, 4.69) is 22.9 Å². The largest absolute Gasteiger partial charge is 0.313 e. The highest BCUT2D eigenvalue weighted by atomic mass is 16.2. The number of rotatable bonds is 7. The van der Waals surface area contributed by atoms with Crippen molar-refractivity contribution >= 4 is 23.6 Å². The summed E-state index contributed by atoms with van der Waals surface area (Å²) in [5.74, 6) is -1.94. The van der Waals surface area contributed by atoms with Crippen LogP contribution in [0.15, 0.2) is 18.2 Å². The molecule has 0 aliphatic carbocycles. The molecule has 0 saturated carbocycles. The number of hydrogen-bond acceptors (Lipinski definition) is 6. The van der Waals surface area contributed by atoms with Crippen molar-refractivity contribution in [3.63, 3.8) is 0 Å². The van der Waals surface area contributed by atoms with E-state index >= 15 is 0 Å². The van der Waals surface area contributed by atoms with Gasteiger partial charge >= 0.3 is 0 Å². The third-order valence-electron chi connectivity index (χ3n) is 4.84. The maximum atomic E-state index is 12.8. The molecule has 3 N–H and O–H groups in total. The van der Waals surface area contributed by atoms with Gasteiger partial charge in [-0.15, -0.1) is 0 Å². The summed E-state index contributed by atoms with van der Waals surface area (Å²) in [5.41, 5.74) is 1.50. The molecule has 27 heavy (non-hydrogen) atoms. The normalized spacial score (nSPS) is 20.7. The van der Waals surface area contributed by atoms with Crippen LogP contribution in [-0.2, 0) is 16.1 Å². The van der Waals surface area contributed by atoms with Gasteiger partial charge in [-0.05, 0) is 37.6 Å². The van der Waals surface area contributed by atoms with E-state index in [1.165, 1.54) is 0 Å². The summed E-state index contributed by atoms with van der Waals surface area (Å²) >= 11 is 0. The van der Waals surface area contributed by atoms with Crippen LogP contribution >= 0.6 is 0 Å². The summed E-state index contributed by atoms with van der Waals surface area (Å²) in [7, 11) is 0. The monoisotopic (exact) mass is 372 g/mol. The van der Waals surface area contributed by atoms with Crippen molar-refractivity contribution in [2.24, 2.45) is 0 Å². The van der Waals surface area contributed by atoms with Crippen LogP contribution in [0.2, 0.25) is 0 Å². The molecule has 2 atom stereocenters. The molecule has 3 rings (SSSR count). The first kappa shape index (κ1) is 19.2. The van der Waals surface area contributed by atoms with Crippen LogP contribution in [0.5, 0.6) is 0 Å². The van der Waals surface area contributed by atoms with Gasteiger partial charge in [0, 0.05) is 25.6 Å². The first-order valence-corrected chi connectivity index (χ1v) is 9.21. The fraction of sp³-hybridized carbons (Fsp3) is 0.474. The number of piperidine rings is 1. The third-order valence-corrected chi connectivity index (χ3v) is 4.84. The minimum Gasteiger partial charge on any atom is -0.313 e. The quantitative estimate of drug-likeness (QED) is 0.589. The van der Waals surface area contributed by atoms with Crippen molar-refractivity contribution < 1.29 is 19.2 Å². The Balaban J connectivity index is 1.71. The zero-order valence-corrected chi connectivity index (χ0v) is 15.5. The van der Waals surface area contributed by atoms with E-state index in [0.29, 0.717) is 23.7 Å². The summed E-state index contributed by atoms with van der Waals surface area (Å²) in [6.45, 7) is 6.38. The zero-order chi connectivity index (χ0) is 19.6.